The van der Waals surface area contributed by atoms with Crippen LogP contribution in [-0.4, -0.2) is 63.6 Å². The van der Waals surface area contributed by atoms with Gasteiger partial charge in [0.15, 0.2) is 24.3 Å². The van der Waals surface area contributed by atoms with Crippen molar-refractivity contribution in [2.24, 2.45) is 5.73 Å². The normalized spacial score (nSPS) is 24.9. The fraction of sp³-hybridized carbons (Fsp3) is 0.350. The topological polar surface area (TPSA) is 181 Å². The lowest BCUT2D eigenvalue weighted by Gasteiger charge is -2.27. The number of esters is 3. The van der Waals surface area contributed by atoms with Crippen molar-refractivity contribution in [3.63, 3.8) is 0 Å². The highest BCUT2D eigenvalue weighted by Gasteiger charge is 2.52. The highest BCUT2D eigenvalue weighted by molar-refractivity contribution is 6.03. The molecule has 4 rings (SSSR count). The molecule has 0 saturated carbocycles. The Kier molecular flexibility index (Phi) is 6.09. The van der Waals surface area contributed by atoms with Crippen LogP contribution >= 0.6 is 0 Å². The Balaban J connectivity index is 1.72. The van der Waals surface area contributed by atoms with E-state index < -0.39 is 54.2 Å². The minimum absolute atomic E-state index is 0.00654. The summed E-state index contributed by atoms with van der Waals surface area (Å²) in [6, 6.07) is 6.29. The average molecular weight is 460 g/mol. The van der Waals surface area contributed by atoms with Crippen LogP contribution < -0.4 is 16.9 Å². The SMILES string of the molecule is C[C@@H](N)C(=O)OC[C@H]1O[C@@H](n2ccc(NO)nc2=O)[C@@H]2OC(=O)c3ccccc3C(=O)O[C@@H]21. The lowest BCUT2D eigenvalue weighted by molar-refractivity contribution is -0.151. The Hall–Kier alpha value is -3.81. The van der Waals surface area contributed by atoms with Crippen molar-refractivity contribution in [2.45, 2.75) is 37.5 Å². The maximum Gasteiger partial charge on any atom is 0.351 e. The molecule has 0 radical (unpaired) electrons. The van der Waals surface area contributed by atoms with Gasteiger partial charge in [-0.25, -0.2) is 14.4 Å². The maximum absolute atomic E-state index is 12.8. The first kappa shape index (κ1) is 22.4. The van der Waals surface area contributed by atoms with E-state index in [-0.39, 0.29) is 23.6 Å². The largest absolute Gasteiger partial charge is 0.462 e. The van der Waals surface area contributed by atoms with Gasteiger partial charge >= 0.3 is 23.6 Å². The van der Waals surface area contributed by atoms with Gasteiger partial charge < -0.3 is 24.7 Å². The van der Waals surface area contributed by atoms with Crippen molar-refractivity contribution in [1.29, 1.82) is 0 Å². The molecule has 1 aromatic carbocycles. The molecule has 0 bridgehead atoms. The molecule has 0 amide bonds. The number of rotatable bonds is 5. The minimum Gasteiger partial charge on any atom is -0.462 e. The Labute approximate surface area is 186 Å². The lowest BCUT2D eigenvalue weighted by atomic mass is 10.0. The predicted molar refractivity (Wildman–Crippen MR) is 107 cm³/mol. The molecule has 33 heavy (non-hydrogen) atoms. The van der Waals surface area contributed by atoms with E-state index in [1.54, 1.807) is 17.6 Å². The summed E-state index contributed by atoms with van der Waals surface area (Å²) in [5.41, 5.74) is 6.38. The van der Waals surface area contributed by atoms with Crippen molar-refractivity contribution in [3.8, 4) is 0 Å². The number of hydrogen-bond donors (Lipinski definition) is 3. The average Bonchev–Trinajstić information content (AvgIpc) is 3.12. The van der Waals surface area contributed by atoms with Gasteiger partial charge in [-0.3, -0.25) is 20.0 Å². The van der Waals surface area contributed by atoms with Gasteiger partial charge in [0.2, 0.25) is 0 Å². The van der Waals surface area contributed by atoms with Gasteiger partial charge in [-0.1, -0.05) is 12.1 Å². The fourth-order valence-electron chi connectivity index (χ4n) is 3.51. The van der Waals surface area contributed by atoms with E-state index in [0.717, 1.165) is 4.57 Å². The molecule has 0 aliphatic carbocycles. The summed E-state index contributed by atoms with van der Waals surface area (Å²) in [4.78, 5) is 53.6. The highest BCUT2D eigenvalue weighted by Crippen LogP contribution is 2.36. The standard InChI is InChI=1S/C20H20N4O9/c1-9(21)17(25)30-8-12-14-15(16(31-12)24-7-6-13(23-29)22-20(24)28)33-19(27)11-5-3-2-4-10(11)18(26)32-14/h2-7,9,12,14-16,29H,8,21H2,1H3,(H,22,23,28)/t9-,12-,14-,15-,16-/m1/s1. The number of nitrogens with zero attached hydrogens (tertiary/aromatic N) is 2. The maximum atomic E-state index is 12.8. The summed E-state index contributed by atoms with van der Waals surface area (Å²) in [5.74, 6) is -2.48. The molecular formula is C20H20N4O9. The van der Waals surface area contributed by atoms with E-state index >= 15 is 0 Å². The predicted octanol–water partition coefficient (Wildman–Crippen LogP) is -0.403. The molecule has 0 spiro atoms. The minimum atomic E-state index is -1.28. The molecule has 13 nitrogen and oxygen atoms in total. The van der Waals surface area contributed by atoms with E-state index in [4.69, 9.17) is 29.9 Å². The lowest BCUT2D eigenvalue weighted by Crippen LogP contribution is -2.44. The summed E-state index contributed by atoms with van der Waals surface area (Å²) in [7, 11) is 0. The van der Waals surface area contributed by atoms with Gasteiger partial charge in [0, 0.05) is 6.20 Å². The number of nitrogens with two attached hydrogens (primary N) is 1. The molecule has 1 fully saturated rings. The van der Waals surface area contributed by atoms with E-state index in [9.17, 15) is 19.2 Å². The number of carbonyl (C=O) groups excluding carboxylic acids is 3. The smallest absolute Gasteiger partial charge is 0.351 e. The van der Waals surface area contributed by atoms with Crippen LogP contribution in [0.25, 0.3) is 0 Å². The first-order chi connectivity index (χ1) is 15.8. The fourth-order valence-corrected chi connectivity index (χ4v) is 3.51. The molecule has 0 unspecified atom stereocenters. The number of hydrogen-bond acceptors (Lipinski definition) is 12. The third-order valence-electron chi connectivity index (χ3n) is 5.12. The number of carbonyl (C=O) groups is 3. The van der Waals surface area contributed by atoms with Crippen LogP contribution in [0, 0.1) is 0 Å². The van der Waals surface area contributed by atoms with Crippen molar-refractivity contribution in [1.82, 2.24) is 9.55 Å². The molecule has 1 saturated heterocycles. The van der Waals surface area contributed by atoms with Gasteiger partial charge in [-0.15, -0.1) is 0 Å². The Morgan fingerprint density at radius 3 is 2.39 bits per heavy atom. The van der Waals surface area contributed by atoms with E-state index in [0.29, 0.717) is 0 Å². The summed E-state index contributed by atoms with van der Waals surface area (Å²) in [6.07, 6.45) is -3.62. The van der Waals surface area contributed by atoms with E-state index in [1.165, 1.54) is 31.3 Å². The second-order valence-corrected chi connectivity index (χ2v) is 7.38. The molecule has 2 aliphatic rings. The van der Waals surface area contributed by atoms with E-state index in [1.807, 2.05) is 0 Å². The molecule has 1 aromatic heterocycles. The number of anilines is 1. The molecule has 5 atom stereocenters. The molecule has 2 aromatic rings. The third kappa shape index (κ3) is 4.28. The van der Waals surface area contributed by atoms with Crippen molar-refractivity contribution < 1.29 is 38.5 Å². The summed E-state index contributed by atoms with van der Waals surface area (Å²) >= 11 is 0. The van der Waals surface area contributed by atoms with E-state index in [2.05, 4.69) is 4.98 Å². The molecule has 2 aliphatic heterocycles. The Bertz CT molecular complexity index is 1150. The first-order valence-corrected chi connectivity index (χ1v) is 9.88. The number of aromatic nitrogens is 2. The van der Waals surface area contributed by atoms with Crippen LogP contribution in [0.1, 0.15) is 33.9 Å². The van der Waals surface area contributed by atoms with Gasteiger partial charge in [-0.2, -0.15) is 4.98 Å². The molecular weight excluding hydrogens is 440 g/mol. The Morgan fingerprint density at radius 1 is 1.18 bits per heavy atom. The zero-order valence-electron chi connectivity index (χ0n) is 17.2. The van der Waals surface area contributed by atoms with Crippen LogP contribution in [0.4, 0.5) is 5.82 Å². The van der Waals surface area contributed by atoms with Gasteiger partial charge in [-0.05, 0) is 25.1 Å². The quantitative estimate of drug-likeness (QED) is 0.299. The second-order valence-electron chi connectivity index (χ2n) is 7.38. The number of ether oxygens (including phenoxy) is 4. The third-order valence-corrected chi connectivity index (χ3v) is 5.12. The summed E-state index contributed by atoms with van der Waals surface area (Å²) in [5, 5.41) is 8.96. The molecule has 13 heteroatoms. The molecule has 174 valence electrons. The monoisotopic (exact) mass is 460 g/mol. The van der Waals surface area contributed by atoms with Gasteiger partial charge in [0.05, 0.1) is 11.1 Å². The highest BCUT2D eigenvalue weighted by atomic mass is 16.7. The van der Waals surface area contributed by atoms with Crippen LogP contribution in [-0.2, 0) is 23.7 Å². The van der Waals surface area contributed by atoms with Gasteiger partial charge in [0.1, 0.15) is 18.8 Å². The number of benzene rings is 1. The van der Waals surface area contributed by atoms with Gasteiger partial charge in [0.25, 0.3) is 0 Å². The van der Waals surface area contributed by atoms with Crippen LogP contribution in [0.15, 0.2) is 41.3 Å². The summed E-state index contributed by atoms with van der Waals surface area (Å²) in [6.45, 7) is 1.04. The zero-order valence-corrected chi connectivity index (χ0v) is 17.2. The second kappa shape index (κ2) is 8.97. The van der Waals surface area contributed by atoms with Crippen LogP contribution in [0.2, 0.25) is 0 Å². The first-order valence-electron chi connectivity index (χ1n) is 9.88. The number of fused-ring (bicyclic) bond motifs is 2. The molecule has 4 N–H and O–H groups in total. The molecule has 3 heterocycles. The van der Waals surface area contributed by atoms with Crippen LogP contribution in [0.5, 0.6) is 0 Å². The Morgan fingerprint density at radius 2 is 1.82 bits per heavy atom. The van der Waals surface area contributed by atoms with Crippen molar-refractivity contribution >= 4 is 23.7 Å². The van der Waals surface area contributed by atoms with Crippen molar-refractivity contribution in [2.75, 3.05) is 12.1 Å². The zero-order chi connectivity index (χ0) is 23.7. The summed E-state index contributed by atoms with van der Waals surface area (Å²) < 4.78 is 23.2. The number of nitrogens with one attached hydrogen (secondary N) is 1. The van der Waals surface area contributed by atoms with Crippen molar-refractivity contribution in [3.05, 3.63) is 58.1 Å². The van der Waals surface area contributed by atoms with Crippen LogP contribution in [0.3, 0.4) is 0 Å².